The average Bonchev–Trinajstić information content (AvgIpc) is 2.37. The van der Waals surface area contributed by atoms with Gasteiger partial charge in [-0.1, -0.05) is 20.8 Å². The first kappa shape index (κ1) is 16.2. The van der Waals surface area contributed by atoms with Gasteiger partial charge in [0, 0.05) is 0 Å². The van der Waals surface area contributed by atoms with Gasteiger partial charge in [0.05, 0.1) is 11.5 Å². The molecule has 0 amide bonds. The van der Waals surface area contributed by atoms with Crippen LogP contribution in [0.15, 0.2) is 11.0 Å². The molecule has 19 heavy (non-hydrogen) atoms. The Morgan fingerprint density at radius 1 is 1.00 bits per heavy atom. The summed E-state index contributed by atoms with van der Waals surface area (Å²) in [5.41, 5.74) is 4.37. The first-order valence-corrected chi connectivity index (χ1v) is 8.37. The molecule has 0 unspecified atom stereocenters. The van der Waals surface area contributed by atoms with Gasteiger partial charge in [-0.15, -0.1) is 0 Å². The lowest BCUT2D eigenvalue weighted by molar-refractivity contribution is 0.337. The fourth-order valence-corrected chi connectivity index (χ4v) is 3.89. The van der Waals surface area contributed by atoms with E-state index in [2.05, 4.69) is 13.8 Å². The van der Waals surface area contributed by atoms with Gasteiger partial charge in [-0.25, -0.2) is 0 Å². The van der Waals surface area contributed by atoms with E-state index in [1.165, 1.54) is 5.56 Å². The van der Waals surface area contributed by atoms with Crippen LogP contribution in [0.3, 0.4) is 0 Å². The largest absolute Gasteiger partial charge is 0.297 e. The molecular formula is C15H24O3S. The molecule has 1 aromatic rings. The molecule has 0 aromatic heterocycles. The molecule has 0 bridgehead atoms. The van der Waals surface area contributed by atoms with E-state index in [0.717, 1.165) is 29.5 Å². The van der Waals surface area contributed by atoms with Crippen molar-refractivity contribution in [1.82, 2.24) is 0 Å². The Hall–Kier alpha value is -0.870. The van der Waals surface area contributed by atoms with Crippen LogP contribution in [0.4, 0.5) is 0 Å². The third-order valence-electron chi connectivity index (χ3n) is 3.53. The van der Waals surface area contributed by atoms with Crippen LogP contribution < -0.4 is 0 Å². The van der Waals surface area contributed by atoms with E-state index in [1.54, 1.807) is 13.0 Å². The minimum Gasteiger partial charge on any atom is -0.267 e. The van der Waals surface area contributed by atoms with Gasteiger partial charge in [-0.2, -0.15) is 8.42 Å². The average molecular weight is 284 g/mol. The summed E-state index contributed by atoms with van der Waals surface area (Å²) < 4.78 is 29.4. The van der Waals surface area contributed by atoms with E-state index in [-0.39, 0.29) is 6.61 Å². The highest BCUT2D eigenvalue weighted by atomic mass is 32.2. The van der Waals surface area contributed by atoms with Gasteiger partial charge in [-0.3, -0.25) is 4.18 Å². The zero-order valence-electron chi connectivity index (χ0n) is 12.5. The summed E-state index contributed by atoms with van der Waals surface area (Å²) in [5, 5.41) is 0. The van der Waals surface area contributed by atoms with Crippen LogP contribution in [0.5, 0.6) is 0 Å². The highest BCUT2D eigenvalue weighted by molar-refractivity contribution is 7.86. The Kier molecular flexibility index (Phi) is 5.56. The molecule has 0 saturated carbocycles. The minimum atomic E-state index is -3.64. The topological polar surface area (TPSA) is 43.4 Å². The Morgan fingerprint density at radius 3 is 2.00 bits per heavy atom. The van der Waals surface area contributed by atoms with Gasteiger partial charge in [0.2, 0.25) is 0 Å². The molecule has 0 aliphatic carbocycles. The quantitative estimate of drug-likeness (QED) is 0.752. The number of hydrogen-bond acceptors (Lipinski definition) is 3. The second-order valence-corrected chi connectivity index (χ2v) is 6.12. The monoisotopic (exact) mass is 284 g/mol. The molecule has 0 atom stereocenters. The van der Waals surface area contributed by atoms with Crippen molar-refractivity contribution in [3.63, 3.8) is 0 Å². The molecule has 0 N–H and O–H groups in total. The van der Waals surface area contributed by atoms with Crippen LogP contribution in [0.2, 0.25) is 0 Å². The molecule has 4 heteroatoms. The van der Waals surface area contributed by atoms with Crippen LogP contribution in [0.25, 0.3) is 0 Å². The van der Waals surface area contributed by atoms with Gasteiger partial charge in [0.1, 0.15) is 0 Å². The van der Waals surface area contributed by atoms with E-state index in [9.17, 15) is 8.42 Å². The third-order valence-corrected chi connectivity index (χ3v) is 4.98. The van der Waals surface area contributed by atoms with Crippen LogP contribution >= 0.6 is 0 Å². The van der Waals surface area contributed by atoms with E-state index in [4.69, 9.17) is 4.18 Å². The van der Waals surface area contributed by atoms with Crippen molar-refractivity contribution in [1.29, 1.82) is 0 Å². The molecule has 0 heterocycles. The molecule has 0 aliphatic heterocycles. The van der Waals surface area contributed by atoms with Crippen molar-refractivity contribution in [2.24, 2.45) is 0 Å². The van der Waals surface area contributed by atoms with Crippen molar-refractivity contribution < 1.29 is 12.6 Å². The number of benzene rings is 1. The molecule has 0 fully saturated rings. The standard InChI is InChI=1S/C15H24O3S/c1-6-12-10-15(19(16,17)18-9-4)14(8-3)13(7-2)11(12)5/h10H,6-9H2,1-5H3. The molecule has 0 radical (unpaired) electrons. The summed E-state index contributed by atoms with van der Waals surface area (Å²) in [6.07, 6.45) is 2.38. The second-order valence-electron chi connectivity index (χ2n) is 4.54. The van der Waals surface area contributed by atoms with Gasteiger partial charge in [0.25, 0.3) is 10.1 Å². The summed E-state index contributed by atoms with van der Waals surface area (Å²) in [4.78, 5) is 0.358. The zero-order chi connectivity index (χ0) is 14.6. The number of aryl methyl sites for hydroxylation is 1. The summed E-state index contributed by atoms with van der Waals surface area (Å²) in [7, 11) is -3.64. The van der Waals surface area contributed by atoms with Crippen LogP contribution in [-0.4, -0.2) is 15.0 Å². The van der Waals surface area contributed by atoms with Crippen molar-refractivity contribution in [2.75, 3.05) is 6.61 Å². The maximum atomic E-state index is 12.2. The SMILES string of the molecule is CCOS(=O)(=O)c1cc(CC)c(C)c(CC)c1CC. The normalized spacial score (nSPS) is 11.8. The Balaban J connectivity index is 3.64. The Labute approximate surface area is 117 Å². The molecule has 108 valence electrons. The molecule has 1 rings (SSSR count). The molecular weight excluding hydrogens is 260 g/mol. The minimum absolute atomic E-state index is 0.169. The zero-order valence-corrected chi connectivity index (χ0v) is 13.4. The van der Waals surface area contributed by atoms with Gasteiger partial charge >= 0.3 is 0 Å². The van der Waals surface area contributed by atoms with Crippen LogP contribution in [0.1, 0.15) is 49.9 Å². The summed E-state index contributed by atoms with van der Waals surface area (Å²) in [6.45, 7) is 10.0. The Morgan fingerprint density at radius 2 is 1.58 bits per heavy atom. The molecule has 0 saturated heterocycles. The molecule has 0 spiro atoms. The lowest BCUT2D eigenvalue weighted by Crippen LogP contribution is -2.13. The van der Waals surface area contributed by atoms with Crippen molar-refractivity contribution in [2.45, 2.75) is 58.8 Å². The second kappa shape index (κ2) is 6.53. The first-order chi connectivity index (χ1) is 8.92. The third kappa shape index (κ3) is 3.18. The van der Waals surface area contributed by atoms with E-state index in [1.807, 2.05) is 13.8 Å². The maximum absolute atomic E-state index is 12.2. The Bertz CT molecular complexity index is 545. The van der Waals surface area contributed by atoms with Gasteiger partial charge in [0.15, 0.2) is 0 Å². The van der Waals surface area contributed by atoms with Crippen molar-refractivity contribution in [3.05, 3.63) is 28.3 Å². The highest BCUT2D eigenvalue weighted by Crippen LogP contribution is 2.29. The lowest BCUT2D eigenvalue weighted by Gasteiger charge is -2.18. The fourth-order valence-electron chi connectivity index (χ4n) is 2.60. The van der Waals surface area contributed by atoms with Crippen molar-refractivity contribution in [3.8, 4) is 0 Å². The van der Waals surface area contributed by atoms with Crippen LogP contribution in [0, 0.1) is 6.92 Å². The lowest BCUT2D eigenvalue weighted by atomic mass is 9.93. The molecule has 1 aromatic carbocycles. The van der Waals surface area contributed by atoms with Crippen molar-refractivity contribution >= 4 is 10.1 Å². The highest BCUT2D eigenvalue weighted by Gasteiger charge is 2.22. The first-order valence-electron chi connectivity index (χ1n) is 6.96. The molecule has 0 aliphatic rings. The van der Waals surface area contributed by atoms with Crippen LogP contribution in [-0.2, 0) is 33.6 Å². The predicted molar refractivity (Wildman–Crippen MR) is 78.1 cm³/mol. The summed E-state index contributed by atoms with van der Waals surface area (Å²) in [6, 6.07) is 1.79. The molecule has 3 nitrogen and oxygen atoms in total. The van der Waals surface area contributed by atoms with E-state index >= 15 is 0 Å². The maximum Gasteiger partial charge on any atom is 0.297 e. The van der Waals surface area contributed by atoms with E-state index < -0.39 is 10.1 Å². The predicted octanol–water partition coefficient (Wildman–Crippen LogP) is 3.41. The fraction of sp³-hybridized carbons (Fsp3) is 0.600. The van der Waals surface area contributed by atoms with E-state index in [0.29, 0.717) is 11.3 Å². The summed E-state index contributed by atoms with van der Waals surface area (Å²) in [5.74, 6) is 0. The number of hydrogen-bond donors (Lipinski definition) is 0. The smallest absolute Gasteiger partial charge is 0.267 e. The number of rotatable bonds is 6. The summed E-state index contributed by atoms with van der Waals surface area (Å²) >= 11 is 0. The van der Waals surface area contributed by atoms with Gasteiger partial charge in [-0.05, 0) is 61.4 Å². The van der Waals surface area contributed by atoms with Gasteiger partial charge < -0.3 is 0 Å².